The molecular weight excluding hydrogens is 172 g/mol. The summed E-state index contributed by atoms with van der Waals surface area (Å²) in [5.41, 5.74) is 0. The van der Waals surface area contributed by atoms with Gasteiger partial charge in [0.25, 0.3) is 0 Å². The minimum atomic E-state index is 0.623. The smallest absolute Gasteiger partial charge is 0.00991 e. The van der Waals surface area contributed by atoms with E-state index in [0.29, 0.717) is 6.04 Å². The van der Waals surface area contributed by atoms with E-state index in [1.54, 1.807) is 0 Å². The Morgan fingerprint density at radius 1 is 1.29 bits per heavy atom. The van der Waals surface area contributed by atoms with Crippen molar-refractivity contribution in [2.24, 2.45) is 0 Å². The molecule has 1 fully saturated rings. The minimum absolute atomic E-state index is 0.623. The summed E-state index contributed by atoms with van der Waals surface area (Å²) in [4.78, 5) is 2.65. The first-order chi connectivity index (χ1) is 6.65. The van der Waals surface area contributed by atoms with Gasteiger partial charge in [-0.15, -0.1) is 0 Å². The van der Waals surface area contributed by atoms with Crippen molar-refractivity contribution in [3.63, 3.8) is 0 Å². The van der Waals surface area contributed by atoms with Gasteiger partial charge in [-0.25, -0.2) is 0 Å². The molecule has 0 radical (unpaired) electrons. The molecule has 1 atom stereocenters. The minimum Gasteiger partial charge on any atom is -0.314 e. The van der Waals surface area contributed by atoms with Crippen LogP contribution in [0.3, 0.4) is 0 Å². The second kappa shape index (κ2) is 5.72. The van der Waals surface area contributed by atoms with Crippen LogP contribution in [-0.4, -0.2) is 36.1 Å². The highest BCUT2D eigenvalue weighted by atomic mass is 15.2. The molecule has 84 valence electrons. The fourth-order valence-electron chi connectivity index (χ4n) is 2.08. The van der Waals surface area contributed by atoms with Gasteiger partial charge in [0.15, 0.2) is 0 Å². The molecule has 14 heavy (non-hydrogen) atoms. The molecular formula is C12H26N2. The van der Waals surface area contributed by atoms with Gasteiger partial charge in [0.05, 0.1) is 0 Å². The average molecular weight is 198 g/mol. The summed E-state index contributed by atoms with van der Waals surface area (Å²) in [6.45, 7) is 11.4. The summed E-state index contributed by atoms with van der Waals surface area (Å²) in [7, 11) is 0. The van der Waals surface area contributed by atoms with Gasteiger partial charge in [-0.1, -0.05) is 20.8 Å². The van der Waals surface area contributed by atoms with Crippen molar-refractivity contribution in [3.8, 4) is 0 Å². The van der Waals surface area contributed by atoms with Crippen LogP contribution in [0.2, 0.25) is 0 Å². The van der Waals surface area contributed by atoms with Crippen molar-refractivity contribution < 1.29 is 0 Å². The molecule has 1 rings (SSSR count). The van der Waals surface area contributed by atoms with E-state index >= 15 is 0 Å². The lowest BCUT2D eigenvalue weighted by Gasteiger charge is -2.28. The molecule has 2 heteroatoms. The van der Waals surface area contributed by atoms with E-state index in [4.69, 9.17) is 0 Å². The largest absolute Gasteiger partial charge is 0.314 e. The van der Waals surface area contributed by atoms with Gasteiger partial charge in [-0.2, -0.15) is 0 Å². The van der Waals surface area contributed by atoms with Crippen LogP contribution in [0.25, 0.3) is 0 Å². The van der Waals surface area contributed by atoms with Crippen molar-refractivity contribution >= 4 is 0 Å². The number of nitrogens with zero attached hydrogens (tertiary/aromatic N) is 1. The van der Waals surface area contributed by atoms with Gasteiger partial charge in [-0.3, -0.25) is 4.90 Å². The van der Waals surface area contributed by atoms with Gasteiger partial charge in [0, 0.05) is 18.1 Å². The Kier molecular flexibility index (Phi) is 4.90. The Labute approximate surface area is 89.1 Å². The SMILES string of the molecule is CCN(C(C)CCNC(C)C)C1CC1. The van der Waals surface area contributed by atoms with E-state index in [0.717, 1.165) is 18.6 Å². The first kappa shape index (κ1) is 12.0. The maximum Gasteiger partial charge on any atom is 0.00991 e. The molecule has 0 saturated heterocycles. The second-order valence-corrected chi connectivity index (χ2v) is 4.81. The Bertz CT molecular complexity index is 152. The third-order valence-corrected chi connectivity index (χ3v) is 3.06. The first-order valence-corrected chi connectivity index (χ1v) is 6.14. The van der Waals surface area contributed by atoms with E-state index in [1.807, 2.05) is 0 Å². The van der Waals surface area contributed by atoms with Crippen molar-refractivity contribution in [3.05, 3.63) is 0 Å². The molecule has 1 unspecified atom stereocenters. The van der Waals surface area contributed by atoms with E-state index in [2.05, 4.69) is 37.9 Å². The Balaban J connectivity index is 2.15. The molecule has 0 aromatic heterocycles. The van der Waals surface area contributed by atoms with Gasteiger partial charge in [0.2, 0.25) is 0 Å². The fourth-order valence-corrected chi connectivity index (χ4v) is 2.08. The van der Waals surface area contributed by atoms with Crippen molar-refractivity contribution in [2.45, 2.75) is 65.1 Å². The topological polar surface area (TPSA) is 15.3 Å². The van der Waals surface area contributed by atoms with Crippen LogP contribution < -0.4 is 5.32 Å². The number of hydrogen-bond donors (Lipinski definition) is 1. The molecule has 1 N–H and O–H groups in total. The van der Waals surface area contributed by atoms with Gasteiger partial charge in [-0.05, 0) is 39.3 Å². The molecule has 0 aromatic carbocycles. The summed E-state index contributed by atoms with van der Waals surface area (Å²) < 4.78 is 0. The molecule has 0 spiro atoms. The van der Waals surface area contributed by atoms with Crippen molar-refractivity contribution in [2.75, 3.05) is 13.1 Å². The molecule has 0 aliphatic heterocycles. The zero-order valence-corrected chi connectivity index (χ0v) is 10.2. The van der Waals surface area contributed by atoms with E-state index in [1.165, 1.54) is 25.8 Å². The molecule has 0 aromatic rings. The van der Waals surface area contributed by atoms with Crippen LogP contribution in [0.15, 0.2) is 0 Å². The van der Waals surface area contributed by atoms with Crippen LogP contribution >= 0.6 is 0 Å². The highest BCUT2D eigenvalue weighted by molar-refractivity contribution is 4.86. The van der Waals surface area contributed by atoms with Gasteiger partial charge in [0.1, 0.15) is 0 Å². The Hall–Kier alpha value is -0.0800. The number of nitrogens with one attached hydrogen (secondary N) is 1. The third kappa shape index (κ3) is 3.97. The summed E-state index contributed by atoms with van der Waals surface area (Å²) >= 11 is 0. The van der Waals surface area contributed by atoms with Gasteiger partial charge >= 0.3 is 0 Å². The fraction of sp³-hybridized carbons (Fsp3) is 1.00. The maximum atomic E-state index is 3.49. The number of rotatable bonds is 7. The first-order valence-electron chi connectivity index (χ1n) is 6.14. The van der Waals surface area contributed by atoms with E-state index < -0.39 is 0 Å². The summed E-state index contributed by atoms with van der Waals surface area (Å²) in [6, 6.07) is 2.28. The molecule has 1 aliphatic carbocycles. The van der Waals surface area contributed by atoms with Crippen LogP contribution in [0.4, 0.5) is 0 Å². The monoisotopic (exact) mass is 198 g/mol. The molecule has 0 heterocycles. The standard InChI is InChI=1S/C12H26N2/c1-5-14(12-6-7-12)11(4)8-9-13-10(2)3/h10-13H,5-9H2,1-4H3. The van der Waals surface area contributed by atoms with Crippen molar-refractivity contribution in [1.29, 1.82) is 0 Å². The Morgan fingerprint density at radius 3 is 2.36 bits per heavy atom. The van der Waals surface area contributed by atoms with Crippen LogP contribution in [0.5, 0.6) is 0 Å². The quantitative estimate of drug-likeness (QED) is 0.675. The molecule has 0 amide bonds. The van der Waals surface area contributed by atoms with E-state index in [-0.39, 0.29) is 0 Å². The van der Waals surface area contributed by atoms with Crippen LogP contribution in [0.1, 0.15) is 47.0 Å². The average Bonchev–Trinajstić information content (AvgIpc) is 2.89. The zero-order valence-electron chi connectivity index (χ0n) is 10.2. The summed E-state index contributed by atoms with van der Waals surface area (Å²) in [6.07, 6.45) is 4.13. The number of hydrogen-bond acceptors (Lipinski definition) is 2. The lowest BCUT2D eigenvalue weighted by atomic mass is 10.2. The third-order valence-electron chi connectivity index (χ3n) is 3.06. The summed E-state index contributed by atoms with van der Waals surface area (Å²) in [5, 5.41) is 3.49. The lowest BCUT2D eigenvalue weighted by Crippen LogP contribution is -2.37. The zero-order chi connectivity index (χ0) is 10.6. The predicted molar refractivity (Wildman–Crippen MR) is 62.6 cm³/mol. The second-order valence-electron chi connectivity index (χ2n) is 4.81. The molecule has 1 saturated carbocycles. The lowest BCUT2D eigenvalue weighted by molar-refractivity contribution is 0.198. The normalized spacial score (nSPS) is 19.3. The molecule has 2 nitrogen and oxygen atoms in total. The highest BCUT2D eigenvalue weighted by Crippen LogP contribution is 2.28. The summed E-state index contributed by atoms with van der Waals surface area (Å²) in [5.74, 6) is 0. The maximum absolute atomic E-state index is 3.49. The predicted octanol–water partition coefficient (Wildman–Crippen LogP) is 2.25. The molecule has 0 bridgehead atoms. The highest BCUT2D eigenvalue weighted by Gasteiger charge is 2.30. The van der Waals surface area contributed by atoms with Gasteiger partial charge < -0.3 is 5.32 Å². The van der Waals surface area contributed by atoms with Crippen LogP contribution in [-0.2, 0) is 0 Å². The van der Waals surface area contributed by atoms with E-state index in [9.17, 15) is 0 Å². The molecule has 1 aliphatic rings. The van der Waals surface area contributed by atoms with Crippen LogP contribution in [0, 0.1) is 0 Å². The Morgan fingerprint density at radius 2 is 1.93 bits per heavy atom. The van der Waals surface area contributed by atoms with Crippen molar-refractivity contribution in [1.82, 2.24) is 10.2 Å².